The van der Waals surface area contributed by atoms with Gasteiger partial charge in [0.05, 0.1) is 22.9 Å². The Balaban J connectivity index is 2.76. The van der Waals surface area contributed by atoms with E-state index in [1.54, 1.807) is 18.2 Å². The van der Waals surface area contributed by atoms with Crippen molar-refractivity contribution in [1.29, 1.82) is 0 Å². The number of carboxylic acids is 1. The minimum Gasteiger partial charge on any atom is -0.543 e. The van der Waals surface area contributed by atoms with E-state index in [1.165, 1.54) is 6.07 Å². The molecule has 0 aliphatic heterocycles. The molecule has 1 heterocycles. The number of pyridine rings is 1. The third-order valence-electron chi connectivity index (χ3n) is 1.96. The Hall–Kier alpha value is -2.10. The molecule has 4 heteroatoms. The van der Waals surface area contributed by atoms with Gasteiger partial charge in [0.1, 0.15) is 0 Å². The number of hydrogen-bond acceptors (Lipinski definition) is 4. The lowest BCUT2D eigenvalue weighted by atomic mass is 10.2. The molecular weight excluding hydrogens is 180 g/mol. The van der Waals surface area contributed by atoms with Crippen LogP contribution in [0, 0.1) is 0 Å². The molecule has 1 aromatic heterocycles. The first-order valence-electron chi connectivity index (χ1n) is 4.05. The number of nitrogen functional groups attached to an aromatic ring is 1. The number of aromatic carboxylic acids is 1. The quantitative estimate of drug-likeness (QED) is 0.646. The molecule has 1 aromatic carbocycles. The Kier molecular flexibility index (Phi) is 1.81. The molecule has 0 saturated heterocycles. The van der Waals surface area contributed by atoms with E-state index in [4.69, 9.17) is 5.73 Å². The first kappa shape index (κ1) is 8.50. The predicted octanol–water partition coefficient (Wildman–Crippen LogP) is 0.180. The second kappa shape index (κ2) is 2.99. The summed E-state index contributed by atoms with van der Waals surface area (Å²) < 4.78 is 0. The van der Waals surface area contributed by atoms with Crippen LogP contribution in [0.3, 0.4) is 0 Å². The molecule has 2 rings (SSSR count). The average molecular weight is 187 g/mol. The van der Waals surface area contributed by atoms with Gasteiger partial charge in [-0.15, -0.1) is 0 Å². The van der Waals surface area contributed by atoms with E-state index >= 15 is 0 Å². The van der Waals surface area contributed by atoms with Crippen LogP contribution in [0.4, 0.5) is 5.69 Å². The zero-order valence-corrected chi connectivity index (χ0v) is 7.23. The van der Waals surface area contributed by atoms with Crippen LogP contribution in [0.5, 0.6) is 0 Å². The maximum Gasteiger partial charge on any atom is 0.0939 e. The number of carbonyl (C=O) groups excluding carboxylic acids is 1. The van der Waals surface area contributed by atoms with Gasteiger partial charge in [-0.2, -0.15) is 0 Å². The van der Waals surface area contributed by atoms with Crippen molar-refractivity contribution in [3.05, 3.63) is 36.0 Å². The fourth-order valence-electron chi connectivity index (χ4n) is 1.28. The molecule has 0 unspecified atom stereocenters. The molecule has 0 atom stereocenters. The van der Waals surface area contributed by atoms with Crippen molar-refractivity contribution in [3.8, 4) is 0 Å². The predicted molar refractivity (Wildman–Crippen MR) is 50.5 cm³/mol. The van der Waals surface area contributed by atoms with Crippen LogP contribution in [-0.2, 0) is 0 Å². The third-order valence-corrected chi connectivity index (χ3v) is 1.96. The average Bonchev–Trinajstić information content (AvgIpc) is 2.18. The van der Waals surface area contributed by atoms with Crippen LogP contribution < -0.4 is 10.8 Å². The Bertz CT molecular complexity index is 508. The second-order valence-corrected chi connectivity index (χ2v) is 2.90. The van der Waals surface area contributed by atoms with Crippen LogP contribution in [0.15, 0.2) is 30.3 Å². The van der Waals surface area contributed by atoms with E-state index in [0.717, 1.165) is 5.39 Å². The van der Waals surface area contributed by atoms with Crippen molar-refractivity contribution in [2.24, 2.45) is 0 Å². The molecule has 70 valence electrons. The molecule has 4 nitrogen and oxygen atoms in total. The lowest BCUT2D eigenvalue weighted by molar-refractivity contribution is -0.255. The van der Waals surface area contributed by atoms with Gasteiger partial charge in [0.2, 0.25) is 0 Å². The van der Waals surface area contributed by atoms with E-state index < -0.39 is 5.97 Å². The molecule has 0 amide bonds. The van der Waals surface area contributed by atoms with Gasteiger partial charge in [0, 0.05) is 5.39 Å². The highest BCUT2D eigenvalue weighted by Gasteiger charge is 2.01. The number of benzene rings is 1. The monoisotopic (exact) mass is 187 g/mol. The molecule has 0 bridgehead atoms. The minimum atomic E-state index is -1.30. The number of aromatic nitrogens is 1. The first-order chi connectivity index (χ1) is 6.68. The summed E-state index contributed by atoms with van der Waals surface area (Å²) >= 11 is 0. The van der Waals surface area contributed by atoms with Crippen molar-refractivity contribution in [3.63, 3.8) is 0 Å². The topological polar surface area (TPSA) is 79.0 Å². The Morgan fingerprint density at radius 1 is 1.29 bits per heavy atom. The van der Waals surface area contributed by atoms with Crippen LogP contribution in [0.25, 0.3) is 10.9 Å². The fraction of sp³-hybridized carbons (Fsp3) is 0. The largest absolute Gasteiger partial charge is 0.543 e. The summed E-state index contributed by atoms with van der Waals surface area (Å²) in [5.74, 6) is -1.30. The van der Waals surface area contributed by atoms with Crippen molar-refractivity contribution >= 4 is 22.6 Å². The van der Waals surface area contributed by atoms with Gasteiger partial charge >= 0.3 is 0 Å². The molecule has 2 N–H and O–H groups in total. The normalized spacial score (nSPS) is 10.3. The first-order valence-corrected chi connectivity index (χ1v) is 4.05. The second-order valence-electron chi connectivity index (χ2n) is 2.90. The smallest absolute Gasteiger partial charge is 0.0939 e. The number of fused-ring (bicyclic) bond motifs is 1. The van der Waals surface area contributed by atoms with E-state index in [1.807, 2.05) is 6.07 Å². The minimum absolute atomic E-state index is 0.101. The van der Waals surface area contributed by atoms with Gasteiger partial charge in [-0.25, -0.2) is 4.98 Å². The Morgan fingerprint density at radius 2 is 2.07 bits per heavy atom. The van der Waals surface area contributed by atoms with Gasteiger partial charge < -0.3 is 15.6 Å². The molecule has 14 heavy (non-hydrogen) atoms. The summed E-state index contributed by atoms with van der Waals surface area (Å²) in [6.45, 7) is 0. The summed E-state index contributed by atoms with van der Waals surface area (Å²) in [6, 6.07) is 8.34. The van der Waals surface area contributed by atoms with E-state index in [9.17, 15) is 9.90 Å². The summed E-state index contributed by atoms with van der Waals surface area (Å²) in [5.41, 5.74) is 6.51. The molecule has 0 radical (unpaired) electrons. The summed E-state index contributed by atoms with van der Waals surface area (Å²) in [5, 5.41) is 11.4. The van der Waals surface area contributed by atoms with Gasteiger partial charge in [0.25, 0.3) is 0 Å². The number of hydrogen-bond donors (Lipinski definition) is 1. The summed E-state index contributed by atoms with van der Waals surface area (Å²) in [4.78, 5) is 14.4. The fourth-order valence-corrected chi connectivity index (χ4v) is 1.28. The molecule has 0 saturated carbocycles. The van der Waals surface area contributed by atoms with E-state index in [0.29, 0.717) is 11.2 Å². The van der Waals surface area contributed by atoms with Crippen molar-refractivity contribution in [2.75, 3.05) is 5.73 Å². The van der Waals surface area contributed by atoms with Gasteiger partial charge in [-0.05, 0) is 12.1 Å². The van der Waals surface area contributed by atoms with E-state index in [2.05, 4.69) is 4.98 Å². The van der Waals surface area contributed by atoms with Crippen LogP contribution in [-0.4, -0.2) is 11.0 Å². The zero-order chi connectivity index (χ0) is 10.1. The lowest BCUT2D eigenvalue weighted by Crippen LogP contribution is -2.23. The molecule has 2 aromatic rings. The highest BCUT2D eigenvalue weighted by atomic mass is 16.4. The lowest BCUT2D eigenvalue weighted by Gasteiger charge is -2.04. The van der Waals surface area contributed by atoms with Crippen LogP contribution >= 0.6 is 0 Å². The number of nitrogens with two attached hydrogens (primary N) is 1. The van der Waals surface area contributed by atoms with Crippen molar-refractivity contribution in [1.82, 2.24) is 4.98 Å². The third kappa shape index (κ3) is 1.26. The number of para-hydroxylation sites is 1. The number of carbonyl (C=O) groups is 1. The molecule has 0 aliphatic carbocycles. The van der Waals surface area contributed by atoms with Crippen LogP contribution in [0.1, 0.15) is 10.5 Å². The molecule has 0 aliphatic rings. The van der Waals surface area contributed by atoms with Gasteiger partial charge in [-0.3, -0.25) is 0 Å². The van der Waals surface area contributed by atoms with Gasteiger partial charge in [-0.1, -0.05) is 18.2 Å². The Labute approximate surface area is 80.0 Å². The summed E-state index contributed by atoms with van der Waals surface area (Å²) in [7, 11) is 0. The van der Waals surface area contributed by atoms with Crippen molar-refractivity contribution < 1.29 is 9.90 Å². The molecular formula is C10H7N2O2-. The Morgan fingerprint density at radius 3 is 2.79 bits per heavy atom. The SMILES string of the molecule is Nc1cccc2ccc(C(=O)[O-])nc12. The van der Waals surface area contributed by atoms with Crippen molar-refractivity contribution in [2.45, 2.75) is 0 Å². The zero-order valence-electron chi connectivity index (χ0n) is 7.23. The maximum atomic E-state index is 10.5. The van der Waals surface area contributed by atoms with E-state index in [-0.39, 0.29) is 5.69 Å². The van der Waals surface area contributed by atoms with Gasteiger partial charge in [0.15, 0.2) is 0 Å². The number of nitrogens with zero attached hydrogens (tertiary/aromatic N) is 1. The highest BCUT2D eigenvalue weighted by molar-refractivity contribution is 5.93. The molecule has 0 spiro atoms. The van der Waals surface area contributed by atoms with Crippen LogP contribution in [0.2, 0.25) is 0 Å². The highest BCUT2D eigenvalue weighted by Crippen LogP contribution is 2.18. The number of rotatable bonds is 1. The summed E-state index contributed by atoms with van der Waals surface area (Å²) in [6.07, 6.45) is 0. The number of anilines is 1. The number of carboxylic acid groups (broad SMARTS) is 1. The molecule has 0 fully saturated rings. The maximum absolute atomic E-state index is 10.5. The standard InChI is InChI=1S/C10H8N2O2/c11-7-3-1-2-6-4-5-8(10(13)14)12-9(6)7/h1-5H,11H2,(H,13,14)/p-1.